The van der Waals surface area contributed by atoms with E-state index in [1.165, 1.54) is 5.56 Å². The summed E-state index contributed by atoms with van der Waals surface area (Å²) in [5.74, 6) is 0.917. The van der Waals surface area contributed by atoms with Gasteiger partial charge in [0.05, 0.1) is 4.47 Å². The van der Waals surface area contributed by atoms with Gasteiger partial charge in [-0.3, -0.25) is 4.79 Å². The molecule has 1 amide bonds. The third kappa shape index (κ3) is 5.08. The lowest BCUT2D eigenvalue weighted by Gasteiger charge is -2.16. The SMILES string of the molecule is CC(C)c1ccc(NC(=O)[C@H](C)Oc2ccc(Br)cc2Br)cc1. The van der Waals surface area contributed by atoms with E-state index in [-0.39, 0.29) is 5.91 Å². The molecule has 0 aliphatic heterocycles. The zero-order valence-electron chi connectivity index (χ0n) is 13.3. The second-order valence-corrected chi connectivity index (χ2v) is 7.37. The van der Waals surface area contributed by atoms with Gasteiger partial charge in [0.25, 0.3) is 5.91 Å². The summed E-state index contributed by atoms with van der Waals surface area (Å²) < 4.78 is 7.46. The predicted molar refractivity (Wildman–Crippen MR) is 101 cm³/mol. The highest BCUT2D eigenvalue weighted by molar-refractivity contribution is 9.11. The van der Waals surface area contributed by atoms with E-state index in [0.29, 0.717) is 11.7 Å². The van der Waals surface area contributed by atoms with E-state index in [2.05, 4.69) is 51.0 Å². The van der Waals surface area contributed by atoms with Crippen LogP contribution in [0.25, 0.3) is 0 Å². The van der Waals surface area contributed by atoms with Crippen LogP contribution in [0.3, 0.4) is 0 Å². The summed E-state index contributed by atoms with van der Waals surface area (Å²) in [5, 5.41) is 2.87. The van der Waals surface area contributed by atoms with Crippen LogP contribution in [0.2, 0.25) is 0 Å². The number of carbonyl (C=O) groups excluding carboxylic acids is 1. The molecule has 2 rings (SSSR count). The molecule has 0 fully saturated rings. The summed E-state index contributed by atoms with van der Waals surface area (Å²) >= 11 is 6.81. The maximum atomic E-state index is 12.3. The number of ether oxygens (including phenoxy) is 1. The van der Waals surface area contributed by atoms with Crippen molar-refractivity contribution in [3.8, 4) is 5.75 Å². The Morgan fingerprint density at radius 1 is 1.04 bits per heavy atom. The zero-order chi connectivity index (χ0) is 17.0. The fraction of sp³-hybridized carbons (Fsp3) is 0.278. The van der Waals surface area contributed by atoms with Crippen molar-refractivity contribution in [2.24, 2.45) is 0 Å². The van der Waals surface area contributed by atoms with Crippen molar-refractivity contribution in [1.82, 2.24) is 0 Å². The van der Waals surface area contributed by atoms with Crippen molar-refractivity contribution in [1.29, 1.82) is 0 Å². The lowest BCUT2D eigenvalue weighted by molar-refractivity contribution is -0.122. The van der Waals surface area contributed by atoms with Crippen LogP contribution in [0.5, 0.6) is 5.75 Å². The Kier molecular flexibility index (Phi) is 6.25. The summed E-state index contributed by atoms with van der Waals surface area (Å²) in [6.07, 6.45) is -0.600. The molecule has 0 saturated heterocycles. The van der Waals surface area contributed by atoms with Gasteiger partial charge < -0.3 is 10.1 Å². The van der Waals surface area contributed by atoms with Gasteiger partial charge in [0.15, 0.2) is 6.10 Å². The van der Waals surface area contributed by atoms with E-state index in [4.69, 9.17) is 4.74 Å². The van der Waals surface area contributed by atoms with Crippen LogP contribution in [-0.2, 0) is 4.79 Å². The van der Waals surface area contributed by atoms with Gasteiger partial charge in [-0.05, 0) is 64.7 Å². The highest BCUT2D eigenvalue weighted by atomic mass is 79.9. The van der Waals surface area contributed by atoms with E-state index in [1.807, 2.05) is 42.5 Å². The van der Waals surface area contributed by atoms with Crippen molar-refractivity contribution in [3.05, 3.63) is 57.0 Å². The maximum Gasteiger partial charge on any atom is 0.265 e. The highest BCUT2D eigenvalue weighted by Gasteiger charge is 2.16. The van der Waals surface area contributed by atoms with Crippen molar-refractivity contribution in [2.45, 2.75) is 32.8 Å². The molecule has 23 heavy (non-hydrogen) atoms. The Bertz CT molecular complexity index is 684. The fourth-order valence-electron chi connectivity index (χ4n) is 2.01. The van der Waals surface area contributed by atoms with Gasteiger partial charge in [0, 0.05) is 10.2 Å². The van der Waals surface area contributed by atoms with Crippen molar-refractivity contribution < 1.29 is 9.53 Å². The number of rotatable bonds is 5. The molecule has 0 radical (unpaired) electrons. The van der Waals surface area contributed by atoms with E-state index in [9.17, 15) is 4.79 Å². The van der Waals surface area contributed by atoms with Gasteiger partial charge in [-0.2, -0.15) is 0 Å². The summed E-state index contributed by atoms with van der Waals surface area (Å²) in [5.41, 5.74) is 2.01. The molecule has 0 bridgehead atoms. The van der Waals surface area contributed by atoms with Crippen molar-refractivity contribution in [3.63, 3.8) is 0 Å². The number of hydrogen-bond donors (Lipinski definition) is 1. The molecule has 0 saturated carbocycles. The second-order valence-electron chi connectivity index (χ2n) is 5.60. The highest BCUT2D eigenvalue weighted by Crippen LogP contribution is 2.29. The molecule has 0 unspecified atom stereocenters. The molecular formula is C18H19Br2NO2. The molecule has 0 aromatic heterocycles. The molecule has 2 aromatic rings. The van der Waals surface area contributed by atoms with E-state index in [1.54, 1.807) is 6.92 Å². The number of benzene rings is 2. The number of amides is 1. The summed E-state index contributed by atoms with van der Waals surface area (Å²) in [4.78, 5) is 12.3. The molecule has 0 spiro atoms. The predicted octanol–water partition coefficient (Wildman–Crippen LogP) is 5.74. The van der Waals surface area contributed by atoms with Crippen LogP contribution in [0.1, 0.15) is 32.3 Å². The Morgan fingerprint density at radius 2 is 1.70 bits per heavy atom. The van der Waals surface area contributed by atoms with Crippen LogP contribution in [0.15, 0.2) is 51.4 Å². The molecule has 1 N–H and O–H groups in total. The van der Waals surface area contributed by atoms with E-state index >= 15 is 0 Å². The summed E-state index contributed by atoms with van der Waals surface area (Å²) in [7, 11) is 0. The van der Waals surface area contributed by atoms with Gasteiger partial charge in [0.2, 0.25) is 0 Å². The minimum absolute atomic E-state index is 0.183. The van der Waals surface area contributed by atoms with Crippen molar-refractivity contribution in [2.75, 3.05) is 5.32 Å². The molecule has 0 aliphatic carbocycles. The molecule has 122 valence electrons. The number of carbonyl (C=O) groups is 1. The average Bonchev–Trinajstić information content (AvgIpc) is 2.50. The lowest BCUT2D eigenvalue weighted by Crippen LogP contribution is -2.30. The third-order valence-corrected chi connectivity index (χ3v) is 4.52. The second kappa shape index (κ2) is 7.97. The van der Waals surface area contributed by atoms with Crippen LogP contribution >= 0.6 is 31.9 Å². The first kappa shape index (κ1) is 18.0. The Labute approximate surface area is 153 Å². The number of nitrogens with one attached hydrogen (secondary N) is 1. The van der Waals surface area contributed by atoms with Crippen LogP contribution in [-0.4, -0.2) is 12.0 Å². The number of hydrogen-bond acceptors (Lipinski definition) is 2. The molecule has 0 heterocycles. The Morgan fingerprint density at radius 3 is 2.26 bits per heavy atom. The molecule has 2 aromatic carbocycles. The fourth-order valence-corrected chi connectivity index (χ4v) is 3.15. The van der Waals surface area contributed by atoms with E-state index < -0.39 is 6.10 Å². The smallest absolute Gasteiger partial charge is 0.265 e. The zero-order valence-corrected chi connectivity index (χ0v) is 16.4. The standard InChI is InChI=1S/C18H19Br2NO2/c1-11(2)13-4-7-15(8-5-13)21-18(22)12(3)23-17-9-6-14(19)10-16(17)20/h4-12H,1-3H3,(H,21,22)/t12-/m0/s1. The monoisotopic (exact) mass is 439 g/mol. The molecule has 3 nitrogen and oxygen atoms in total. The molecule has 0 aliphatic rings. The number of anilines is 1. The number of halogens is 2. The Balaban J connectivity index is 1.99. The largest absolute Gasteiger partial charge is 0.480 e. The summed E-state index contributed by atoms with van der Waals surface area (Å²) in [6, 6.07) is 13.4. The minimum Gasteiger partial charge on any atom is -0.480 e. The molecular weight excluding hydrogens is 422 g/mol. The third-order valence-electron chi connectivity index (χ3n) is 3.41. The van der Waals surface area contributed by atoms with Crippen molar-refractivity contribution >= 4 is 43.5 Å². The van der Waals surface area contributed by atoms with Gasteiger partial charge in [0.1, 0.15) is 5.75 Å². The van der Waals surface area contributed by atoms with Gasteiger partial charge in [-0.1, -0.05) is 41.9 Å². The van der Waals surface area contributed by atoms with Crippen LogP contribution in [0, 0.1) is 0 Å². The first-order valence-corrected chi connectivity index (χ1v) is 8.98. The van der Waals surface area contributed by atoms with Crippen LogP contribution in [0.4, 0.5) is 5.69 Å². The minimum atomic E-state index is -0.600. The molecule has 1 atom stereocenters. The normalized spacial score (nSPS) is 12.1. The van der Waals surface area contributed by atoms with Gasteiger partial charge in [-0.15, -0.1) is 0 Å². The van der Waals surface area contributed by atoms with Gasteiger partial charge >= 0.3 is 0 Å². The lowest BCUT2D eigenvalue weighted by atomic mass is 10.0. The quantitative estimate of drug-likeness (QED) is 0.643. The molecule has 5 heteroatoms. The first-order valence-electron chi connectivity index (χ1n) is 7.39. The first-order chi connectivity index (χ1) is 10.9. The van der Waals surface area contributed by atoms with E-state index in [0.717, 1.165) is 14.6 Å². The topological polar surface area (TPSA) is 38.3 Å². The average molecular weight is 441 g/mol. The summed E-state index contributed by atoms with van der Waals surface area (Å²) in [6.45, 7) is 6.01. The van der Waals surface area contributed by atoms with Gasteiger partial charge in [-0.25, -0.2) is 0 Å². The maximum absolute atomic E-state index is 12.3. The van der Waals surface area contributed by atoms with Crippen LogP contribution < -0.4 is 10.1 Å². The Hall–Kier alpha value is -1.33.